The van der Waals surface area contributed by atoms with Crippen molar-refractivity contribution in [2.75, 3.05) is 20.3 Å². The SMILES string of the molecule is COc1cc(C(=O)N(CCCO)C(C)C)ccc1F. The van der Waals surface area contributed by atoms with E-state index in [1.54, 1.807) is 4.90 Å². The number of halogens is 1. The van der Waals surface area contributed by atoms with Gasteiger partial charge in [-0.25, -0.2) is 4.39 Å². The molecule has 0 aromatic heterocycles. The molecule has 0 aliphatic heterocycles. The minimum Gasteiger partial charge on any atom is -0.494 e. The standard InChI is InChI=1S/C14H20FNO3/c1-10(2)16(7-4-8-17)14(18)11-5-6-12(15)13(9-11)19-3/h5-6,9-10,17H,4,7-8H2,1-3H3. The number of hydrogen-bond acceptors (Lipinski definition) is 3. The van der Waals surface area contributed by atoms with Gasteiger partial charge in [0.1, 0.15) is 0 Å². The van der Waals surface area contributed by atoms with Gasteiger partial charge in [0.05, 0.1) is 7.11 Å². The van der Waals surface area contributed by atoms with Crippen LogP contribution >= 0.6 is 0 Å². The van der Waals surface area contributed by atoms with E-state index in [-0.39, 0.29) is 24.3 Å². The summed E-state index contributed by atoms with van der Waals surface area (Å²) >= 11 is 0. The normalized spacial score (nSPS) is 10.6. The van der Waals surface area contributed by atoms with Gasteiger partial charge in [-0.05, 0) is 38.5 Å². The molecule has 1 rings (SSSR count). The summed E-state index contributed by atoms with van der Waals surface area (Å²) in [4.78, 5) is 14.0. The first-order valence-corrected chi connectivity index (χ1v) is 6.26. The molecular formula is C14H20FNO3. The van der Waals surface area contributed by atoms with Crippen LogP contribution in [0.15, 0.2) is 18.2 Å². The highest BCUT2D eigenvalue weighted by Crippen LogP contribution is 2.20. The van der Waals surface area contributed by atoms with E-state index in [2.05, 4.69) is 0 Å². The Bertz CT molecular complexity index is 435. The van der Waals surface area contributed by atoms with Crippen LogP contribution in [0.2, 0.25) is 0 Å². The maximum Gasteiger partial charge on any atom is 0.254 e. The summed E-state index contributed by atoms with van der Waals surface area (Å²) in [7, 11) is 1.36. The number of aliphatic hydroxyl groups is 1. The zero-order valence-corrected chi connectivity index (χ0v) is 11.5. The zero-order valence-electron chi connectivity index (χ0n) is 11.5. The molecule has 1 N–H and O–H groups in total. The molecule has 0 heterocycles. The number of rotatable bonds is 6. The molecule has 5 heteroatoms. The summed E-state index contributed by atoms with van der Waals surface area (Å²) in [5.41, 5.74) is 0.380. The highest BCUT2D eigenvalue weighted by Gasteiger charge is 2.19. The Kier molecular flexibility index (Phi) is 5.76. The minimum atomic E-state index is -0.495. The number of benzene rings is 1. The maximum atomic E-state index is 13.3. The van der Waals surface area contributed by atoms with Gasteiger partial charge in [0, 0.05) is 24.8 Å². The summed E-state index contributed by atoms with van der Waals surface area (Å²) in [6.45, 7) is 4.29. The molecule has 0 atom stereocenters. The maximum absolute atomic E-state index is 13.3. The highest BCUT2D eigenvalue weighted by molar-refractivity contribution is 5.94. The summed E-state index contributed by atoms with van der Waals surface area (Å²) in [6.07, 6.45) is 0.516. The first-order valence-electron chi connectivity index (χ1n) is 6.26. The lowest BCUT2D eigenvalue weighted by Crippen LogP contribution is -2.38. The summed E-state index contributed by atoms with van der Waals surface area (Å²) < 4.78 is 18.2. The lowest BCUT2D eigenvalue weighted by Gasteiger charge is -2.26. The fraction of sp³-hybridized carbons (Fsp3) is 0.500. The number of carbonyl (C=O) groups is 1. The molecule has 1 amide bonds. The second kappa shape index (κ2) is 7.09. The Morgan fingerprint density at radius 1 is 1.47 bits per heavy atom. The van der Waals surface area contributed by atoms with Gasteiger partial charge in [0.2, 0.25) is 0 Å². The monoisotopic (exact) mass is 269 g/mol. The van der Waals surface area contributed by atoms with Gasteiger partial charge < -0.3 is 14.7 Å². The second-order valence-corrected chi connectivity index (χ2v) is 4.52. The molecule has 0 aliphatic rings. The number of methoxy groups -OCH3 is 1. The minimum absolute atomic E-state index is 0.00935. The van der Waals surface area contributed by atoms with Crippen molar-refractivity contribution in [2.24, 2.45) is 0 Å². The van der Waals surface area contributed by atoms with Crippen molar-refractivity contribution in [3.05, 3.63) is 29.6 Å². The van der Waals surface area contributed by atoms with Crippen molar-refractivity contribution in [3.63, 3.8) is 0 Å². The third kappa shape index (κ3) is 3.92. The van der Waals surface area contributed by atoms with Gasteiger partial charge in [-0.15, -0.1) is 0 Å². The predicted octanol–water partition coefficient (Wildman–Crippen LogP) is 2.07. The van der Waals surface area contributed by atoms with E-state index in [0.29, 0.717) is 18.5 Å². The van der Waals surface area contributed by atoms with E-state index in [9.17, 15) is 9.18 Å². The van der Waals surface area contributed by atoms with Crippen LogP contribution in [0.25, 0.3) is 0 Å². The van der Waals surface area contributed by atoms with Crippen molar-refractivity contribution in [3.8, 4) is 5.75 Å². The molecule has 0 radical (unpaired) electrons. The summed E-state index contributed by atoms with van der Waals surface area (Å²) in [5.74, 6) is -0.635. The van der Waals surface area contributed by atoms with E-state index in [4.69, 9.17) is 9.84 Å². The lowest BCUT2D eigenvalue weighted by atomic mass is 10.1. The van der Waals surface area contributed by atoms with E-state index in [1.165, 1.54) is 25.3 Å². The van der Waals surface area contributed by atoms with Gasteiger partial charge >= 0.3 is 0 Å². The first kappa shape index (κ1) is 15.4. The lowest BCUT2D eigenvalue weighted by molar-refractivity contribution is 0.0692. The van der Waals surface area contributed by atoms with Crippen molar-refractivity contribution >= 4 is 5.91 Å². The number of hydrogen-bond donors (Lipinski definition) is 1. The van der Waals surface area contributed by atoms with Crippen molar-refractivity contribution in [1.29, 1.82) is 0 Å². The molecule has 1 aromatic carbocycles. The topological polar surface area (TPSA) is 49.8 Å². The van der Waals surface area contributed by atoms with Gasteiger partial charge in [-0.1, -0.05) is 0 Å². The molecule has 0 bridgehead atoms. The van der Waals surface area contributed by atoms with Crippen molar-refractivity contribution < 1.29 is 19.0 Å². The number of aliphatic hydroxyl groups excluding tert-OH is 1. The molecule has 0 spiro atoms. The summed E-state index contributed by atoms with van der Waals surface area (Å²) in [5, 5.41) is 8.86. The Morgan fingerprint density at radius 2 is 2.16 bits per heavy atom. The third-order valence-corrected chi connectivity index (χ3v) is 2.84. The molecule has 0 unspecified atom stereocenters. The van der Waals surface area contributed by atoms with Crippen LogP contribution in [0.3, 0.4) is 0 Å². The molecule has 4 nitrogen and oxygen atoms in total. The summed E-state index contributed by atoms with van der Waals surface area (Å²) in [6, 6.07) is 4.06. The molecule has 0 saturated carbocycles. The average Bonchev–Trinajstić information content (AvgIpc) is 2.39. The molecule has 0 aliphatic carbocycles. The smallest absolute Gasteiger partial charge is 0.254 e. The van der Waals surface area contributed by atoms with Crippen LogP contribution in [0.4, 0.5) is 4.39 Å². The number of amides is 1. The Balaban J connectivity index is 2.95. The van der Waals surface area contributed by atoms with Crippen LogP contribution in [0.1, 0.15) is 30.6 Å². The first-order chi connectivity index (χ1) is 9.01. The molecule has 106 valence electrons. The van der Waals surface area contributed by atoms with E-state index < -0.39 is 5.82 Å². The van der Waals surface area contributed by atoms with Gasteiger partial charge in [-0.3, -0.25) is 4.79 Å². The van der Waals surface area contributed by atoms with Gasteiger partial charge in [0.15, 0.2) is 11.6 Å². The van der Waals surface area contributed by atoms with Crippen molar-refractivity contribution in [2.45, 2.75) is 26.3 Å². The molecular weight excluding hydrogens is 249 g/mol. The number of ether oxygens (including phenoxy) is 1. The highest BCUT2D eigenvalue weighted by atomic mass is 19.1. The fourth-order valence-corrected chi connectivity index (χ4v) is 1.79. The van der Waals surface area contributed by atoms with Gasteiger partial charge in [-0.2, -0.15) is 0 Å². The second-order valence-electron chi connectivity index (χ2n) is 4.52. The quantitative estimate of drug-likeness (QED) is 0.860. The third-order valence-electron chi connectivity index (χ3n) is 2.84. The molecule has 0 fully saturated rings. The predicted molar refractivity (Wildman–Crippen MR) is 70.8 cm³/mol. The van der Waals surface area contributed by atoms with Crippen LogP contribution in [0.5, 0.6) is 5.75 Å². The average molecular weight is 269 g/mol. The molecule has 0 saturated heterocycles. The van der Waals surface area contributed by atoms with Crippen molar-refractivity contribution in [1.82, 2.24) is 4.90 Å². The Labute approximate surface area is 112 Å². The molecule has 19 heavy (non-hydrogen) atoms. The molecule has 1 aromatic rings. The van der Waals surface area contributed by atoms with E-state index in [1.807, 2.05) is 13.8 Å². The van der Waals surface area contributed by atoms with E-state index >= 15 is 0 Å². The Morgan fingerprint density at radius 3 is 2.68 bits per heavy atom. The van der Waals surface area contributed by atoms with Crippen LogP contribution in [-0.4, -0.2) is 42.2 Å². The zero-order chi connectivity index (χ0) is 14.4. The Hall–Kier alpha value is -1.62. The van der Waals surface area contributed by atoms with Crippen LogP contribution in [0, 0.1) is 5.82 Å². The van der Waals surface area contributed by atoms with E-state index in [0.717, 1.165) is 0 Å². The largest absolute Gasteiger partial charge is 0.494 e. The van der Waals surface area contributed by atoms with Crippen LogP contribution in [-0.2, 0) is 0 Å². The van der Waals surface area contributed by atoms with Gasteiger partial charge in [0.25, 0.3) is 5.91 Å². The fourth-order valence-electron chi connectivity index (χ4n) is 1.79. The van der Waals surface area contributed by atoms with Crippen LogP contribution < -0.4 is 4.74 Å². The number of nitrogens with zero attached hydrogens (tertiary/aromatic N) is 1. The number of carbonyl (C=O) groups excluding carboxylic acids is 1.